The van der Waals surface area contributed by atoms with Gasteiger partial charge in [-0.2, -0.15) is 0 Å². The van der Waals surface area contributed by atoms with Crippen molar-refractivity contribution in [2.45, 2.75) is 50.0 Å². The number of hydrogen-bond acceptors (Lipinski definition) is 6. The Morgan fingerprint density at radius 3 is 2.57 bits per heavy atom. The summed E-state index contributed by atoms with van der Waals surface area (Å²) in [5.41, 5.74) is 0.487. The minimum atomic E-state index is -3.60. The van der Waals surface area contributed by atoms with Gasteiger partial charge in [0, 0.05) is 18.7 Å². The third kappa shape index (κ3) is 4.70. The summed E-state index contributed by atoms with van der Waals surface area (Å²) in [5, 5.41) is 0. The Hall–Kier alpha value is -2.42. The SMILES string of the molecule is C[C@@H](OC(=O)CCN=C1NS(=O)(=O)c2ccccc21)C(=O)N1CCCCCC1. The molecule has 1 amide bonds. The van der Waals surface area contributed by atoms with E-state index in [0.29, 0.717) is 18.7 Å². The van der Waals surface area contributed by atoms with Crippen LogP contribution >= 0.6 is 0 Å². The predicted octanol–water partition coefficient (Wildman–Crippen LogP) is 1.45. The van der Waals surface area contributed by atoms with Gasteiger partial charge in [-0.05, 0) is 31.9 Å². The molecule has 152 valence electrons. The zero-order valence-corrected chi connectivity index (χ0v) is 16.7. The molecule has 0 radical (unpaired) electrons. The van der Waals surface area contributed by atoms with Crippen molar-refractivity contribution in [3.8, 4) is 0 Å². The van der Waals surface area contributed by atoms with Crippen molar-refractivity contribution >= 4 is 27.7 Å². The number of carbonyl (C=O) groups is 2. The lowest BCUT2D eigenvalue weighted by molar-refractivity contribution is -0.158. The van der Waals surface area contributed by atoms with Gasteiger partial charge >= 0.3 is 5.97 Å². The lowest BCUT2D eigenvalue weighted by Gasteiger charge is -2.23. The Morgan fingerprint density at radius 1 is 1.18 bits per heavy atom. The van der Waals surface area contributed by atoms with Crippen molar-refractivity contribution < 1.29 is 22.7 Å². The predicted molar refractivity (Wildman–Crippen MR) is 103 cm³/mol. The molecule has 0 saturated carbocycles. The van der Waals surface area contributed by atoms with E-state index in [1.54, 1.807) is 30.0 Å². The zero-order chi connectivity index (χ0) is 20.1. The fourth-order valence-electron chi connectivity index (χ4n) is 3.36. The molecule has 1 aromatic carbocycles. The van der Waals surface area contributed by atoms with E-state index in [4.69, 9.17) is 4.74 Å². The number of benzene rings is 1. The average molecular weight is 407 g/mol. The third-order valence-corrected chi connectivity index (χ3v) is 6.22. The maximum Gasteiger partial charge on any atom is 0.308 e. The van der Waals surface area contributed by atoms with Gasteiger partial charge in [-0.25, -0.2) is 8.42 Å². The second kappa shape index (κ2) is 8.72. The van der Waals surface area contributed by atoms with E-state index in [1.165, 1.54) is 6.07 Å². The Labute approximate surface area is 165 Å². The second-order valence-electron chi connectivity index (χ2n) is 6.95. The van der Waals surface area contributed by atoms with Gasteiger partial charge in [0.2, 0.25) is 0 Å². The molecule has 0 aliphatic carbocycles. The lowest BCUT2D eigenvalue weighted by Crippen LogP contribution is -2.40. The molecule has 0 bridgehead atoms. The number of amidine groups is 1. The van der Waals surface area contributed by atoms with Crippen LogP contribution in [0.1, 0.15) is 44.6 Å². The number of sulfonamides is 1. The van der Waals surface area contributed by atoms with Crippen LogP contribution in [-0.2, 0) is 24.3 Å². The van der Waals surface area contributed by atoms with Gasteiger partial charge in [0.05, 0.1) is 17.9 Å². The Bertz CT molecular complexity index is 873. The number of nitrogens with one attached hydrogen (secondary N) is 1. The largest absolute Gasteiger partial charge is 0.452 e. The topological polar surface area (TPSA) is 105 Å². The average Bonchev–Trinajstić information content (AvgIpc) is 2.85. The summed E-state index contributed by atoms with van der Waals surface area (Å²) in [6, 6.07) is 6.53. The molecule has 0 unspecified atom stereocenters. The van der Waals surface area contributed by atoms with Gasteiger partial charge in [-0.15, -0.1) is 0 Å². The normalized spacial score (nSPS) is 20.8. The van der Waals surface area contributed by atoms with Crippen LogP contribution < -0.4 is 4.72 Å². The molecule has 1 fully saturated rings. The number of ether oxygens (including phenoxy) is 1. The number of esters is 1. The van der Waals surface area contributed by atoms with Crippen molar-refractivity contribution in [3.05, 3.63) is 29.8 Å². The van der Waals surface area contributed by atoms with Crippen molar-refractivity contribution in [2.75, 3.05) is 19.6 Å². The fourth-order valence-corrected chi connectivity index (χ4v) is 4.62. The maximum atomic E-state index is 12.4. The zero-order valence-electron chi connectivity index (χ0n) is 15.9. The second-order valence-corrected chi connectivity index (χ2v) is 8.60. The molecule has 1 saturated heterocycles. The van der Waals surface area contributed by atoms with Gasteiger partial charge in [-0.1, -0.05) is 25.0 Å². The molecule has 3 rings (SSSR count). The smallest absolute Gasteiger partial charge is 0.308 e. The molecule has 8 nitrogen and oxygen atoms in total. The summed E-state index contributed by atoms with van der Waals surface area (Å²) in [6.07, 6.45) is 3.31. The van der Waals surface area contributed by atoms with Crippen molar-refractivity contribution in [1.29, 1.82) is 0 Å². The summed E-state index contributed by atoms with van der Waals surface area (Å²) in [4.78, 5) is 30.6. The summed E-state index contributed by atoms with van der Waals surface area (Å²) >= 11 is 0. The lowest BCUT2D eigenvalue weighted by atomic mass is 10.2. The molecule has 2 heterocycles. The number of hydrogen-bond donors (Lipinski definition) is 1. The first-order chi connectivity index (χ1) is 13.4. The Balaban J connectivity index is 1.52. The summed E-state index contributed by atoms with van der Waals surface area (Å²) in [6.45, 7) is 3.05. The molecule has 2 aliphatic rings. The van der Waals surface area contributed by atoms with Crippen LogP contribution in [-0.4, -0.2) is 56.8 Å². The van der Waals surface area contributed by atoms with Gasteiger partial charge in [0.1, 0.15) is 5.84 Å². The number of amides is 1. The van der Waals surface area contributed by atoms with Crippen LogP contribution in [0.4, 0.5) is 0 Å². The number of aliphatic imine (C=N–C) groups is 1. The molecule has 1 N–H and O–H groups in total. The number of carbonyl (C=O) groups excluding carboxylic acids is 2. The van der Waals surface area contributed by atoms with E-state index in [9.17, 15) is 18.0 Å². The van der Waals surface area contributed by atoms with E-state index in [0.717, 1.165) is 25.7 Å². The number of nitrogens with zero attached hydrogens (tertiary/aromatic N) is 2. The van der Waals surface area contributed by atoms with Gasteiger partial charge < -0.3 is 9.64 Å². The minimum Gasteiger partial charge on any atom is -0.452 e. The quantitative estimate of drug-likeness (QED) is 0.744. The van der Waals surface area contributed by atoms with Crippen molar-refractivity contribution in [2.24, 2.45) is 4.99 Å². The maximum absolute atomic E-state index is 12.4. The molecule has 0 spiro atoms. The first kappa shape index (κ1) is 20.3. The van der Waals surface area contributed by atoms with E-state index < -0.39 is 22.1 Å². The van der Waals surface area contributed by atoms with Crippen LogP contribution in [0.3, 0.4) is 0 Å². The first-order valence-corrected chi connectivity index (χ1v) is 11.0. The fraction of sp³-hybridized carbons (Fsp3) is 0.526. The van der Waals surface area contributed by atoms with Crippen LogP contribution in [0, 0.1) is 0 Å². The molecule has 1 atom stereocenters. The summed E-state index contributed by atoms with van der Waals surface area (Å²) in [7, 11) is -3.60. The highest BCUT2D eigenvalue weighted by Gasteiger charge is 2.30. The van der Waals surface area contributed by atoms with Crippen molar-refractivity contribution in [3.63, 3.8) is 0 Å². The Morgan fingerprint density at radius 2 is 1.86 bits per heavy atom. The van der Waals surface area contributed by atoms with Gasteiger partial charge in [0.25, 0.3) is 15.9 Å². The third-order valence-electron chi connectivity index (χ3n) is 4.82. The van der Waals surface area contributed by atoms with Crippen LogP contribution in [0.2, 0.25) is 0 Å². The van der Waals surface area contributed by atoms with Crippen LogP contribution in [0.25, 0.3) is 0 Å². The van der Waals surface area contributed by atoms with E-state index in [1.807, 2.05) is 0 Å². The molecular weight excluding hydrogens is 382 g/mol. The highest BCUT2D eigenvalue weighted by Crippen LogP contribution is 2.22. The van der Waals surface area contributed by atoms with E-state index >= 15 is 0 Å². The summed E-state index contributed by atoms with van der Waals surface area (Å²) in [5.74, 6) is -0.481. The first-order valence-electron chi connectivity index (χ1n) is 9.53. The van der Waals surface area contributed by atoms with E-state index in [-0.39, 0.29) is 29.6 Å². The van der Waals surface area contributed by atoms with Crippen molar-refractivity contribution in [1.82, 2.24) is 9.62 Å². The molecule has 0 aromatic heterocycles. The van der Waals surface area contributed by atoms with Gasteiger partial charge in [-0.3, -0.25) is 19.3 Å². The highest BCUT2D eigenvalue weighted by atomic mass is 32.2. The minimum absolute atomic E-state index is 0.0367. The van der Waals surface area contributed by atoms with Crippen LogP contribution in [0.5, 0.6) is 0 Å². The standard InChI is InChI=1S/C19H25N3O5S/c1-14(19(24)22-12-6-2-3-7-13-22)27-17(23)10-11-20-18-15-8-4-5-9-16(15)28(25,26)21-18/h4-5,8-9,14H,2-3,6-7,10-13H2,1H3,(H,20,21)/t14-/m1/s1. The molecule has 9 heteroatoms. The molecule has 28 heavy (non-hydrogen) atoms. The highest BCUT2D eigenvalue weighted by molar-refractivity contribution is 7.90. The monoisotopic (exact) mass is 407 g/mol. The molecule has 1 aromatic rings. The number of rotatable bonds is 5. The van der Waals surface area contributed by atoms with Gasteiger partial charge in [0.15, 0.2) is 6.10 Å². The number of fused-ring (bicyclic) bond motifs is 1. The summed E-state index contributed by atoms with van der Waals surface area (Å²) < 4.78 is 31.7. The van der Waals surface area contributed by atoms with E-state index in [2.05, 4.69) is 9.71 Å². The molecular formula is C19H25N3O5S. The number of likely N-dealkylation sites (tertiary alicyclic amines) is 1. The molecule has 2 aliphatic heterocycles. The van der Waals surface area contributed by atoms with Crippen LogP contribution in [0.15, 0.2) is 34.2 Å². The Kier molecular flexibility index (Phi) is 6.33.